The van der Waals surface area contributed by atoms with Gasteiger partial charge in [-0.2, -0.15) is 0 Å². The molecule has 0 heterocycles. The van der Waals surface area contributed by atoms with Crippen molar-refractivity contribution in [1.29, 1.82) is 0 Å². The van der Waals surface area contributed by atoms with Crippen molar-refractivity contribution in [2.75, 3.05) is 13.2 Å². The minimum absolute atomic E-state index is 0.270. The number of carbonyl (C=O) groups is 1. The van der Waals surface area contributed by atoms with Gasteiger partial charge >= 0.3 is 0 Å². The van der Waals surface area contributed by atoms with E-state index < -0.39 is 17.5 Å². The number of rotatable bonds is 5. The second-order valence-electron chi connectivity index (χ2n) is 4.99. The van der Waals surface area contributed by atoms with Gasteiger partial charge in [-0.25, -0.2) is 8.78 Å². The summed E-state index contributed by atoms with van der Waals surface area (Å²) in [6, 6.07) is 3.56. The molecule has 0 aliphatic heterocycles. The first-order valence-electron chi connectivity index (χ1n) is 7.02. The van der Waals surface area contributed by atoms with E-state index in [1.54, 1.807) is 0 Å². The van der Waals surface area contributed by atoms with E-state index in [0.717, 1.165) is 18.9 Å². The van der Waals surface area contributed by atoms with Crippen LogP contribution >= 0.6 is 0 Å². The van der Waals surface area contributed by atoms with Crippen LogP contribution in [-0.4, -0.2) is 25.2 Å². The number of halogens is 2. The molecule has 0 spiro atoms. The van der Waals surface area contributed by atoms with Crippen molar-refractivity contribution in [3.05, 3.63) is 35.4 Å². The third-order valence-corrected chi connectivity index (χ3v) is 3.49. The molecule has 2 rings (SSSR count). The molecule has 1 amide bonds. The summed E-state index contributed by atoms with van der Waals surface area (Å²) in [4.78, 5) is 11.7. The molecule has 0 atom stereocenters. The van der Waals surface area contributed by atoms with Crippen molar-refractivity contribution in [2.24, 2.45) is 0 Å². The van der Waals surface area contributed by atoms with Crippen molar-refractivity contribution in [2.45, 2.75) is 38.2 Å². The molecular formula is C15H19F2NO2. The molecule has 1 aliphatic rings. The molecule has 1 aromatic rings. The maximum absolute atomic E-state index is 13.4. The van der Waals surface area contributed by atoms with Crippen molar-refractivity contribution in [3.8, 4) is 0 Å². The molecule has 0 aromatic heterocycles. The first-order valence-corrected chi connectivity index (χ1v) is 7.02. The second-order valence-corrected chi connectivity index (χ2v) is 4.99. The Morgan fingerprint density at radius 3 is 2.75 bits per heavy atom. The number of carbonyl (C=O) groups excluding carboxylic acids is 1. The molecule has 1 aromatic carbocycles. The summed E-state index contributed by atoms with van der Waals surface area (Å²) in [5.74, 6) is -2.75. The van der Waals surface area contributed by atoms with Crippen LogP contribution < -0.4 is 5.32 Å². The Kier molecular flexibility index (Phi) is 5.47. The quantitative estimate of drug-likeness (QED) is 0.843. The Balaban J connectivity index is 1.73. The van der Waals surface area contributed by atoms with Gasteiger partial charge in [0.15, 0.2) is 11.6 Å². The molecule has 0 bridgehead atoms. The lowest BCUT2D eigenvalue weighted by molar-refractivity contribution is 0.0299. The van der Waals surface area contributed by atoms with Crippen LogP contribution in [0.4, 0.5) is 8.78 Å². The third-order valence-electron chi connectivity index (χ3n) is 3.49. The van der Waals surface area contributed by atoms with E-state index in [4.69, 9.17) is 4.74 Å². The van der Waals surface area contributed by atoms with Crippen molar-refractivity contribution >= 4 is 5.91 Å². The molecule has 1 saturated carbocycles. The van der Waals surface area contributed by atoms with Crippen LogP contribution in [0.1, 0.15) is 42.5 Å². The maximum atomic E-state index is 13.4. The minimum Gasteiger partial charge on any atom is -0.376 e. The zero-order chi connectivity index (χ0) is 14.4. The lowest BCUT2D eigenvalue weighted by Crippen LogP contribution is -2.30. The highest BCUT2D eigenvalue weighted by molar-refractivity contribution is 5.94. The highest BCUT2D eigenvalue weighted by Gasteiger charge is 2.16. The van der Waals surface area contributed by atoms with Gasteiger partial charge in [0.05, 0.1) is 18.3 Å². The molecule has 110 valence electrons. The van der Waals surface area contributed by atoms with Gasteiger partial charge in [0.1, 0.15) is 0 Å². The lowest BCUT2D eigenvalue weighted by Gasteiger charge is -2.22. The molecule has 20 heavy (non-hydrogen) atoms. The Labute approximate surface area is 117 Å². The molecule has 3 nitrogen and oxygen atoms in total. The summed E-state index contributed by atoms with van der Waals surface area (Å²) >= 11 is 0. The van der Waals surface area contributed by atoms with E-state index in [1.807, 2.05) is 0 Å². The molecule has 1 N–H and O–H groups in total. The van der Waals surface area contributed by atoms with Gasteiger partial charge in [-0.05, 0) is 25.0 Å². The fourth-order valence-electron chi connectivity index (χ4n) is 2.40. The van der Waals surface area contributed by atoms with Crippen LogP contribution in [0.15, 0.2) is 18.2 Å². The summed E-state index contributed by atoms with van der Waals surface area (Å²) < 4.78 is 32.0. The Morgan fingerprint density at radius 1 is 1.25 bits per heavy atom. The Hall–Kier alpha value is -1.49. The van der Waals surface area contributed by atoms with E-state index >= 15 is 0 Å². The highest BCUT2D eigenvalue weighted by atomic mass is 19.2. The average Bonchev–Trinajstić information content (AvgIpc) is 2.47. The topological polar surface area (TPSA) is 38.3 Å². The average molecular weight is 283 g/mol. The highest BCUT2D eigenvalue weighted by Crippen LogP contribution is 2.19. The molecule has 1 fully saturated rings. The Morgan fingerprint density at radius 2 is 2.00 bits per heavy atom. The molecule has 0 unspecified atom stereocenters. The summed E-state index contributed by atoms with van der Waals surface area (Å²) in [6.07, 6.45) is 6.03. The molecule has 1 aliphatic carbocycles. The number of ether oxygens (including phenoxy) is 1. The molecule has 0 saturated heterocycles. The van der Waals surface area contributed by atoms with Gasteiger partial charge in [0.25, 0.3) is 5.91 Å². The number of amides is 1. The van der Waals surface area contributed by atoms with Crippen molar-refractivity contribution < 1.29 is 18.3 Å². The normalized spacial score (nSPS) is 16.1. The zero-order valence-electron chi connectivity index (χ0n) is 11.3. The standard InChI is InChI=1S/C15H19F2NO2/c16-13-8-4-7-12(14(13)17)15(19)18-9-10-20-11-5-2-1-3-6-11/h4,7-8,11H,1-3,5-6,9-10H2,(H,18,19). The summed E-state index contributed by atoms with van der Waals surface area (Å²) in [5.41, 5.74) is -0.275. The van der Waals surface area contributed by atoms with Crippen LogP contribution in [0, 0.1) is 11.6 Å². The van der Waals surface area contributed by atoms with Gasteiger partial charge in [-0.3, -0.25) is 4.79 Å². The minimum atomic E-state index is -1.11. The number of hydrogen-bond donors (Lipinski definition) is 1. The number of hydrogen-bond acceptors (Lipinski definition) is 2. The molecule has 5 heteroatoms. The first kappa shape index (κ1) is 14.9. The van der Waals surface area contributed by atoms with E-state index in [2.05, 4.69) is 5.32 Å². The van der Waals surface area contributed by atoms with Gasteiger partial charge in [0, 0.05) is 6.54 Å². The van der Waals surface area contributed by atoms with Gasteiger partial charge in [-0.1, -0.05) is 25.3 Å². The molecular weight excluding hydrogens is 264 g/mol. The van der Waals surface area contributed by atoms with Crippen LogP contribution in [0.3, 0.4) is 0 Å². The van der Waals surface area contributed by atoms with Gasteiger partial charge < -0.3 is 10.1 Å². The van der Waals surface area contributed by atoms with Crippen LogP contribution in [0.25, 0.3) is 0 Å². The zero-order valence-corrected chi connectivity index (χ0v) is 11.3. The van der Waals surface area contributed by atoms with Crippen molar-refractivity contribution in [3.63, 3.8) is 0 Å². The van der Waals surface area contributed by atoms with Crippen LogP contribution in [0.5, 0.6) is 0 Å². The molecule has 0 radical (unpaired) electrons. The van der Waals surface area contributed by atoms with Crippen LogP contribution in [-0.2, 0) is 4.74 Å². The maximum Gasteiger partial charge on any atom is 0.254 e. The predicted octanol–water partition coefficient (Wildman–Crippen LogP) is 3.04. The first-order chi connectivity index (χ1) is 9.68. The van der Waals surface area contributed by atoms with E-state index in [0.29, 0.717) is 13.2 Å². The predicted molar refractivity (Wildman–Crippen MR) is 71.5 cm³/mol. The Bertz CT molecular complexity index is 459. The number of benzene rings is 1. The lowest BCUT2D eigenvalue weighted by atomic mass is 9.98. The van der Waals surface area contributed by atoms with Gasteiger partial charge in [-0.15, -0.1) is 0 Å². The van der Waals surface area contributed by atoms with Crippen LogP contribution in [0.2, 0.25) is 0 Å². The summed E-state index contributed by atoms with van der Waals surface area (Å²) in [6.45, 7) is 0.693. The number of nitrogens with one attached hydrogen (secondary N) is 1. The summed E-state index contributed by atoms with van der Waals surface area (Å²) in [5, 5.41) is 2.54. The monoisotopic (exact) mass is 283 g/mol. The van der Waals surface area contributed by atoms with E-state index in [1.165, 1.54) is 31.4 Å². The van der Waals surface area contributed by atoms with Gasteiger partial charge in [0.2, 0.25) is 0 Å². The smallest absolute Gasteiger partial charge is 0.254 e. The third kappa shape index (κ3) is 4.00. The second kappa shape index (κ2) is 7.33. The van der Waals surface area contributed by atoms with E-state index in [-0.39, 0.29) is 11.7 Å². The van der Waals surface area contributed by atoms with Crippen molar-refractivity contribution in [1.82, 2.24) is 5.32 Å². The largest absolute Gasteiger partial charge is 0.376 e. The summed E-state index contributed by atoms with van der Waals surface area (Å²) in [7, 11) is 0. The fraction of sp³-hybridized carbons (Fsp3) is 0.533. The fourth-order valence-corrected chi connectivity index (χ4v) is 2.40. The van der Waals surface area contributed by atoms with E-state index in [9.17, 15) is 13.6 Å². The SMILES string of the molecule is O=C(NCCOC1CCCCC1)c1cccc(F)c1F.